The SMILES string of the molecule is CNc1ccc(C(=O)N(C)C(C)(C)CO)cn1. The van der Waals surface area contributed by atoms with Crippen molar-refractivity contribution >= 4 is 11.7 Å². The number of amides is 1. The number of rotatable bonds is 4. The van der Waals surface area contributed by atoms with Gasteiger partial charge in [-0.2, -0.15) is 0 Å². The first-order valence-corrected chi connectivity index (χ1v) is 5.45. The third kappa shape index (κ3) is 2.94. The van der Waals surface area contributed by atoms with E-state index >= 15 is 0 Å². The highest BCUT2D eigenvalue weighted by molar-refractivity contribution is 5.94. The Kier molecular flexibility index (Phi) is 4.07. The van der Waals surface area contributed by atoms with E-state index in [1.807, 2.05) is 0 Å². The fourth-order valence-electron chi connectivity index (χ4n) is 1.24. The molecule has 0 aromatic carbocycles. The molecular formula is C12H19N3O2. The van der Waals surface area contributed by atoms with Crippen LogP contribution in [-0.4, -0.2) is 47.1 Å². The molecular weight excluding hydrogens is 218 g/mol. The molecule has 1 heterocycles. The van der Waals surface area contributed by atoms with Crippen molar-refractivity contribution < 1.29 is 9.90 Å². The van der Waals surface area contributed by atoms with Crippen LogP contribution in [0, 0.1) is 0 Å². The second-order valence-corrected chi connectivity index (χ2v) is 4.52. The average molecular weight is 237 g/mol. The number of aliphatic hydroxyl groups is 1. The maximum absolute atomic E-state index is 12.1. The summed E-state index contributed by atoms with van der Waals surface area (Å²) in [6.07, 6.45) is 1.53. The summed E-state index contributed by atoms with van der Waals surface area (Å²) >= 11 is 0. The maximum atomic E-state index is 12.1. The lowest BCUT2D eigenvalue weighted by Crippen LogP contribution is -2.47. The van der Waals surface area contributed by atoms with E-state index < -0.39 is 5.54 Å². The lowest BCUT2D eigenvalue weighted by Gasteiger charge is -2.33. The quantitative estimate of drug-likeness (QED) is 0.819. The fraction of sp³-hybridized carbons (Fsp3) is 0.500. The van der Waals surface area contributed by atoms with E-state index in [4.69, 9.17) is 0 Å². The first-order chi connectivity index (χ1) is 7.92. The van der Waals surface area contributed by atoms with E-state index in [0.717, 1.165) is 0 Å². The molecule has 1 aromatic heterocycles. The van der Waals surface area contributed by atoms with Crippen LogP contribution in [0.5, 0.6) is 0 Å². The summed E-state index contributed by atoms with van der Waals surface area (Å²) in [7, 11) is 3.44. The highest BCUT2D eigenvalue weighted by Crippen LogP contribution is 2.15. The third-order valence-corrected chi connectivity index (χ3v) is 2.87. The van der Waals surface area contributed by atoms with Gasteiger partial charge in [0.25, 0.3) is 5.91 Å². The zero-order valence-electron chi connectivity index (χ0n) is 10.7. The van der Waals surface area contributed by atoms with Crippen molar-refractivity contribution in [2.45, 2.75) is 19.4 Å². The third-order valence-electron chi connectivity index (χ3n) is 2.87. The van der Waals surface area contributed by atoms with Gasteiger partial charge >= 0.3 is 0 Å². The molecule has 94 valence electrons. The number of nitrogens with zero attached hydrogens (tertiary/aromatic N) is 2. The van der Waals surface area contributed by atoms with E-state index in [-0.39, 0.29) is 12.5 Å². The molecule has 17 heavy (non-hydrogen) atoms. The Labute approximate surface area is 101 Å². The number of pyridine rings is 1. The normalized spacial score (nSPS) is 11.1. The highest BCUT2D eigenvalue weighted by Gasteiger charge is 2.27. The second kappa shape index (κ2) is 5.14. The van der Waals surface area contributed by atoms with Gasteiger partial charge in [-0.1, -0.05) is 0 Å². The minimum absolute atomic E-state index is 0.0860. The number of aromatic nitrogens is 1. The van der Waals surface area contributed by atoms with Crippen LogP contribution in [0.25, 0.3) is 0 Å². The lowest BCUT2D eigenvalue weighted by molar-refractivity contribution is 0.0473. The van der Waals surface area contributed by atoms with Crippen LogP contribution in [-0.2, 0) is 0 Å². The average Bonchev–Trinajstić information content (AvgIpc) is 2.37. The van der Waals surface area contributed by atoms with Crippen molar-refractivity contribution in [3.8, 4) is 0 Å². The smallest absolute Gasteiger partial charge is 0.255 e. The molecule has 0 radical (unpaired) electrons. The second-order valence-electron chi connectivity index (χ2n) is 4.52. The molecule has 2 N–H and O–H groups in total. The number of hydrogen-bond acceptors (Lipinski definition) is 4. The van der Waals surface area contributed by atoms with Crippen LogP contribution in [0.3, 0.4) is 0 Å². The summed E-state index contributed by atoms with van der Waals surface area (Å²) in [4.78, 5) is 17.7. The standard InChI is InChI=1S/C12H19N3O2/c1-12(2,8-16)15(4)11(17)9-5-6-10(13-3)14-7-9/h5-7,16H,8H2,1-4H3,(H,13,14). The van der Waals surface area contributed by atoms with Crippen LogP contribution >= 0.6 is 0 Å². The van der Waals surface area contributed by atoms with Gasteiger partial charge in [0.05, 0.1) is 17.7 Å². The summed E-state index contributed by atoms with van der Waals surface area (Å²) < 4.78 is 0. The van der Waals surface area contributed by atoms with Gasteiger partial charge in [-0.05, 0) is 26.0 Å². The van der Waals surface area contributed by atoms with E-state index in [0.29, 0.717) is 11.4 Å². The Morgan fingerprint density at radius 3 is 2.59 bits per heavy atom. The summed E-state index contributed by atoms with van der Waals surface area (Å²) in [6, 6.07) is 3.46. The molecule has 0 atom stereocenters. The summed E-state index contributed by atoms with van der Waals surface area (Å²) in [5.41, 5.74) is -0.0771. The van der Waals surface area contributed by atoms with E-state index in [1.165, 1.54) is 11.1 Å². The van der Waals surface area contributed by atoms with Gasteiger partial charge in [-0.3, -0.25) is 4.79 Å². The molecule has 0 unspecified atom stereocenters. The highest BCUT2D eigenvalue weighted by atomic mass is 16.3. The van der Waals surface area contributed by atoms with Gasteiger partial charge in [0.15, 0.2) is 0 Å². The molecule has 0 aliphatic heterocycles. The summed E-state index contributed by atoms with van der Waals surface area (Å²) in [5.74, 6) is 0.560. The first-order valence-electron chi connectivity index (χ1n) is 5.45. The largest absolute Gasteiger partial charge is 0.394 e. The first kappa shape index (κ1) is 13.4. The van der Waals surface area contributed by atoms with Gasteiger partial charge in [-0.25, -0.2) is 4.98 Å². The molecule has 5 heteroatoms. The van der Waals surface area contributed by atoms with Crippen LogP contribution in [0.1, 0.15) is 24.2 Å². The molecule has 0 saturated heterocycles. The fourth-order valence-corrected chi connectivity index (χ4v) is 1.24. The van der Waals surface area contributed by atoms with Crippen molar-refractivity contribution in [3.63, 3.8) is 0 Å². The van der Waals surface area contributed by atoms with Crippen molar-refractivity contribution in [2.24, 2.45) is 0 Å². The van der Waals surface area contributed by atoms with Gasteiger partial charge < -0.3 is 15.3 Å². The Morgan fingerprint density at radius 1 is 1.53 bits per heavy atom. The molecule has 0 aliphatic rings. The molecule has 0 aliphatic carbocycles. The van der Waals surface area contributed by atoms with Gasteiger partial charge in [-0.15, -0.1) is 0 Å². The van der Waals surface area contributed by atoms with Gasteiger partial charge in [0.2, 0.25) is 0 Å². The number of hydrogen-bond donors (Lipinski definition) is 2. The van der Waals surface area contributed by atoms with E-state index in [2.05, 4.69) is 10.3 Å². The number of aliphatic hydroxyl groups excluding tert-OH is 1. The summed E-state index contributed by atoms with van der Waals surface area (Å²) in [5, 5.41) is 12.1. The van der Waals surface area contributed by atoms with Crippen LogP contribution in [0.2, 0.25) is 0 Å². The summed E-state index contributed by atoms with van der Waals surface area (Å²) in [6.45, 7) is 3.53. The van der Waals surface area contributed by atoms with Gasteiger partial charge in [0.1, 0.15) is 5.82 Å². The monoisotopic (exact) mass is 237 g/mol. The maximum Gasteiger partial charge on any atom is 0.255 e. The zero-order valence-corrected chi connectivity index (χ0v) is 10.7. The van der Waals surface area contributed by atoms with Crippen LogP contribution in [0.4, 0.5) is 5.82 Å². The molecule has 1 rings (SSSR count). The molecule has 0 fully saturated rings. The number of carbonyl (C=O) groups is 1. The number of anilines is 1. The minimum atomic E-state index is -0.585. The lowest BCUT2D eigenvalue weighted by atomic mass is 10.0. The number of nitrogens with one attached hydrogen (secondary N) is 1. The van der Waals surface area contributed by atoms with Crippen molar-refractivity contribution in [1.82, 2.24) is 9.88 Å². The Balaban J connectivity index is 2.89. The van der Waals surface area contributed by atoms with Gasteiger partial charge in [0, 0.05) is 20.3 Å². The topological polar surface area (TPSA) is 65.5 Å². The zero-order chi connectivity index (χ0) is 13.1. The van der Waals surface area contributed by atoms with Crippen LogP contribution < -0.4 is 5.32 Å². The molecule has 5 nitrogen and oxygen atoms in total. The Bertz CT molecular complexity index is 387. The van der Waals surface area contributed by atoms with Crippen molar-refractivity contribution in [3.05, 3.63) is 23.9 Å². The Morgan fingerprint density at radius 2 is 2.18 bits per heavy atom. The van der Waals surface area contributed by atoms with E-state index in [9.17, 15) is 9.90 Å². The molecule has 0 saturated carbocycles. The molecule has 0 bridgehead atoms. The van der Waals surface area contributed by atoms with Crippen LogP contribution in [0.15, 0.2) is 18.3 Å². The van der Waals surface area contributed by atoms with Crippen molar-refractivity contribution in [2.75, 3.05) is 26.0 Å². The minimum Gasteiger partial charge on any atom is -0.394 e. The molecule has 1 amide bonds. The predicted molar refractivity (Wildman–Crippen MR) is 67.0 cm³/mol. The number of carbonyl (C=O) groups excluding carboxylic acids is 1. The van der Waals surface area contributed by atoms with E-state index in [1.54, 1.807) is 40.1 Å². The molecule has 1 aromatic rings. The molecule has 0 spiro atoms. The number of likely N-dealkylation sites (N-methyl/N-ethyl adjacent to an activating group) is 1. The van der Waals surface area contributed by atoms with Crippen molar-refractivity contribution in [1.29, 1.82) is 0 Å². The Hall–Kier alpha value is -1.62. The predicted octanol–water partition coefficient (Wildman–Crippen LogP) is 0.966.